The lowest BCUT2D eigenvalue weighted by molar-refractivity contribution is 0.0767. The van der Waals surface area contributed by atoms with Crippen LogP contribution in [0.25, 0.3) is 0 Å². The largest absolute Gasteiger partial charge is 0.293 e. The predicted octanol–water partition coefficient (Wildman–Crippen LogP) is 3.66. The van der Waals surface area contributed by atoms with E-state index in [0.717, 1.165) is 25.9 Å². The van der Waals surface area contributed by atoms with Crippen molar-refractivity contribution in [2.75, 3.05) is 13.1 Å². The van der Waals surface area contributed by atoms with Crippen molar-refractivity contribution in [1.29, 1.82) is 0 Å². The van der Waals surface area contributed by atoms with Crippen LogP contribution in [0.3, 0.4) is 0 Å². The summed E-state index contributed by atoms with van der Waals surface area (Å²) in [7, 11) is 0. The van der Waals surface area contributed by atoms with Crippen LogP contribution in [0.2, 0.25) is 0 Å². The van der Waals surface area contributed by atoms with Gasteiger partial charge in [-0.2, -0.15) is 0 Å². The summed E-state index contributed by atoms with van der Waals surface area (Å²) in [4.78, 5) is 14.9. The summed E-state index contributed by atoms with van der Waals surface area (Å²) in [6.07, 6.45) is 5.50. The Bertz CT molecular complexity index is 409. The van der Waals surface area contributed by atoms with E-state index in [1.54, 1.807) is 12.1 Å². The van der Waals surface area contributed by atoms with Crippen LogP contribution in [-0.4, -0.2) is 29.8 Å². The van der Waals surface area contributed by atoms with E-state index in [0.29, 0.717) is 5.56 Å². The Morgan fingerprint density at radius 1 is 1.21 bits per heavy atom. The topological polar surface area (TPSA) is 20.3 Å². The first kappa shape index (κ1) is 14.2. The molecule has 1 aromatic carbocycles. The van der Waals surface area contributed by atoms with Crippen LogP contribution in [0, 0.1) is 5.82 Å². The average molecular weight is 263 g/mol. The van der Waals surface area contributed by atoms with Crippen LogP contribution in [-0.2, 0) is 0 Å². The van der Waals surface area contributed by atoms with Gasteiger partial charge in [0.2, 0.25) is 0 Å². The Hall–Kier alpha value is -1.22. The Kier molecular flexibility index (Phi) is 5.08. The lowest BCUT2D eigenvalue weighted by Crippen LogP contribution is -2.44. The Morgan fingerprint density at radius 2 is 1.84 bits per heavy atom. The first-order valence-corrected chi connectivity index (χ1v) is 7.26. The maximum atomic E-state index is 12.9. The van der Waals surface area contributed by atoms with E-state index in [4.69, 9.17) is 0 Å². The SMILES string of the molecule is CCCC(C(=O)c1ccc(F)cc1)N1CCCCC1. The van der Waals surface area contributed by atoms with Crippen LogP contribution in [0.15, 0.2) is 24.3 Å². The number of nitrogens with zero attached hydrogens (tertiary/aromatic N) is 1. The van der Waals surface area contributed by atoms with E-state index in [-0.39, 0.29) is 17.6 Å². The van der Waals surface area contributed by atoms with Gasteiger partial charge < -0.3 is 0 Å². The van der Waals surface area contributed by atoms with E-state index < -0.39 is 0 Å². The second-order valence-corrected chi connectivity index (χ2v) is 5.27. The molecule has 0 saturated carbocycles. The Labute approximate surface area is 114 Å². The molecule has 1 aromatic rings. The van der Waals surface area contributed by atoms with Gasteiger partial charge in [-0.05, 0) is 56.6 Å². The monoisotopic (exact) mass is 263 g/mol. The fraction of sp³-hybridized carbons (Fsp3) is 0.562. The highest BCUT2D eigenvalue weighted by atomic mass is 19.1. The van der Waals surface area contributed by atoms with E-state index >= 15 is 0 Å². The van der Waals surface area contributed by atoms with Crippen LogP contribution >= 0.6 is 0 Å². The first-order valence-electron chi connectivity index (χ1n) is 7.26. The minimum Gasteiger partial charge on any atom is -0.293 e. The fourth-order valence-corrected chi connectivity index (χ4v) is 2.79. The van der Waals surface area contributed by atoms with Crippen molar-refractivity contribution in [1.82, 2.24) is 4.90 Å². The number of carbonyl (C=O) groups excluding carboxylic acids is 1. The van der Waals surface area contributed by atoms with Crippen molar-refractivity contribution in [3.8, 4) is 0 Å². The van der Waals surface area contributed by atoms with Gasteiger partial charge in [-0.15, -0.1) is 0 Å². The summed E-state index contributed by atoms with van der Waals surface area (Å²) < 4.78 is 12.9. The van der Waals surface area contributed by atoms with E-state index in [1.807, 2.05) is 0 Å². The highest BCUT2D eigenvalue weighted by Crippen LogP contribution is 2.19. The van der Waals surface area contributed by atoms with E-state index in [2.05, 4.69) is 11.8 Å². The summed E-state index contributed by atoms with van der Waals surface area (Å²) in [6.45, 7) is 4.13. The van der Waals surface area contributed by atoms with Gasteiger partial charge in [-0.3, -0.25) is 9.69 Å². The number of rotatable bonds is 5. The molecule has 1 fully saturated rings. The normalized spacial score (nSPS) is 18.2. The van der Waals surface area contributed by atoms with Crippen molar-refractivity contribution in [2.45, 2.75) is 45.1 Å². The number of halogens is 1. The third kappa shape index (κ3) is 3.63. The zero-order valence-electron chi connectivity index (χ0n) is 11.6. The molecule has 104 valence electrons. The van der Waals surface area contributed by atoms with Gasteiger partial charge in [-0.1, -0.05) is 19.8 Å². The zero-order chi connectivity index (χ0) is 13.7. The van der Waals surface area contributed by atoms with Gasteiger partial charge in [0.1, 0.15) is 5.82 Å². The summed E-state index contributed by atoms with van der Waals surface area (Å²) in [5.74, 6) is -0.148. The predicted molar refractivity (Wildman–Crippen MR) is 74.9 cm³/mol. The van der Waals surface area contributed by atoms with Gasteiger partial charge in [0, 0.05) is 5.56 Å². The summed E-state index contributed by atoms with van der Waals surface area (Å²) in [5, 5.41) is 0. The standard InChI is InChI=1S/C16H22FNO/c1-2-6-15(18-11-4-3-5-12-18)16(19)13-7-9-14(17)10-8-13/h7-10,15H,2-6,11-12H2,1H3. The Morgan fingerprint density at radius 3 is 2.42 bits per heavy atom. The molecule has 2 rings (SSSR count). The first-order chi connectivity index (χ1) is 9.22. The number of Topliss-reactive ketones (excluding diaryl/α,β-unsaturated/α-hetero) is 1. The third-order valence-electron chi connectivity index (χ3n) is 3.82. The van der Waals surface area contributed by atoms with Gasteiger partial charge in [0.05, 0.1) is 6.04 Å². The summed E-state index contributed by atoms with van der Waals surface area (Å²) in [5.41, 5.74) is 0.630. The van der Waals surface area contributed by atoms with Crippen molar-refractivity contribution >= 4 is 5.78 Å². The molecular formula is C16H22FNO. The molecule has 1 aliphatic rings. The summed E-state index contributed by atoms with van der Waals surface area (Å²) in [6, 6.07) is 5.91. The van der Waals surface area contributed by atoms with Crippen LogP contribution in [0.4, 0.5) is 4.39 Å². The second-order valence-electron chi connectivity index (χ2n) is 5.27. The smallest absolute Gasteiger partial charge is 0.179 e. The maximum Gasteiger partial charge on any atom is 0.179 e. The minimum absolute atomic E-state index is 0.0317. The second kappa shape index (κ2) is 6.80. The quantitative estimate of drug-likeness (QED) is 0.756. The summed E-state index contributed by atoms with van der Waals surface area (Å²) >= 11 is 0. The zero-order valence-corrected chi connectivity index (χ0v) is 11.6. The molecule has 1 unspecified atom stereocenters. The molecular weight excluding hydrogens is 241 g/mol. The lowest BCUT2D eigenvalue weighted by atomic mass is 9.97. The van der Waals surface area contributed by atoms with Crippen molar-refractivity contribution in [3.05, 3.63) is 35.6 Å². The molecule has 0 spiro atoms. The van der Waals surface area contributed by atoms with E-state index in [1.165, 1.54) is 31.4 Å². The van der Waals surface area contributed by atoms with Crippen LogP contribution < -0.4 is 0 Å². The van der Waals surface area contributed by atoms with Gasteiger partial charge >= 0.3 is 0 Å². The number of likely N-dealkylation sites (tertiary alicyclic amines) is 1. The van der Waals surface area contributed by atoms with Gasteiger partial charge in [0.15, 0.2) is 5.78 Å². The minimum atomic E-state index is -0.290. The molecule has 1 saturated heterocycles. The molecule has 1 aliphatic heterocycles. The molecule has 0 amide bonds. The third-order valence-corrected chi connectivity index (χ3v) is 3.82. The molecule has 1 heterocycles. The van der Waals surface area contributed by atoms with Crippen molar-refractivity contribution < 1.29 is 9.18 Å². The molecule has 0 N–H and O–H groups in total. The number of benzene rings is 1. The van der Waals surface area contributed by atoms with Crippen LogP contribution in [0.1, 0.15) is 49.4 Å². The average Bonchev–Trinajstić information content (AvgIpc) is 2.46. The lowest BCUT2D eigenvalue weighted by Gasteiger charge is -2.33. The van der Waals surface area contributed by atoms with Crippen LogP contribution in [0.5, 0.6) is 0 Å². The number of hydrogen-bond acceptors (Lipinski definition) is 2. The van der Waals surface area contributed by atoms with Gasteiger partial charge in [-0.25, -0.2) is 4.39 Å². The number of ketones is 1. The molecule has 1 atom stereocenters. The van der Waals surface area contributed by atoms with Crippen molar-refractivity contribution in [3.63, 3.8) is 0 Å². The molecule has 19 heavy (non-hydrogen) atoms. The molecule has 0 aromatic heterocycles. The van der Waals surface area contributed by atoms with Gasteiger partial charge in [0.25, 0.3) is 0 Å². The molecule has 3 heteroatoms. The Balaban J connectivity index is 2.13. The molecule has 0 aliphatic carbocycles. The van der Waals surface area contributed by atoms with Crippen molar-refractivity contribution in [2.24, 2.45) is 0 Å². The maximum absolute atomic E-state index is 12.9. The number of carbonyl (C=O) groups is 1. The highest BCUT2D eigenvalue weighted by Gasteiger charge is 2.26. The molecule has 0 radical (unpaired) electrons. The fourth-order valence-electron chi connectivity index (χ4n) is 2.79. The molecule has 0 bridgehead atoms. The van der Waals surface area contributed by atoms with E-state index in [9.17, 15) is 9.18 Å². The number of hydrogen-bond donors (Lipinski definition) is 0. The number of piperidine rings is 1. The highest BCUT2D eigenvalue weighted by molar-refractivity contribution is 6.00. The molecule has 2 nitrogen and oxygen atoms in total.